The van der Waals surface area contributed by atoms with E-state index in [1.807, 2.05) is 49.4 Å². The quantitative estimate of drug-likeness (QED) is 0.333. The van der Waals surface area contributed by atoms with Crippen molar-refractivity contribution in [3.63, 3.8) is 0 Å². The highest BCUT2D eigenvalue weighted by Gasteiger charge is 2.26. The molecule has 1 aromatic heterocycles. The number of nitrogens with zero attached hydrogens (tertiary/aromatic N) is 1. The van der Waals surface area contributed by atoms with Crippen LogP contribution in [0, 0.1) is 6.92 Å². The van der Waals surface area contributed by atoms with E-state index in [0.29, 0.717) is 53.9 Å². The highest BCUT2D eigenvalue weighted by Crippen LogP contribution is 2.37. The van der Waals surface area contributed by atoms with Crippen molar-refractivity contribution >= 4 is 45.8 Å². The van der Waals surface area contributed by atoms with Gasteiger partial charge in [0, 0.05) is 34.7 Å². The molecule has 3 aromatic carbocycles. The lowest BCUT2D eigenvalue weighted by Gasteiger charge is -2.26. The summed E-state index contributed by atoms with van der Waals surface area (Å²) >= 11 is 5.94. The molecule has 0 unspecified atom stereocenters. The molecule has 2 heterocycles. The van der Waals surface area contributed by atoms with Gasteiger partial charge in [-0.15, -0.1) is 0 Å². The van der Waals surface area contributed by atoms with Gasteiger partial charge in [0.1, 0.15) is 5.69 Å². The maximum Gasteiger partial charge on any atom is 0.323 e. The van der Waals surface area contributed by atoms with Gasteiger partial charge < -0.3 is 25.3 Å². The number of amides is 3. The number of benzene rings is 3. The zero-order valence-corrected chi connectivity index (χ0v) is 20.0. The van der Waals surface area contributed by atoms with Gasteiger partial charge in [-0.3, -0.25) is 4.79 Å². The molecular weight excluding hydrogens is 464 g/mol. The van der Waals surface area contributed by atoms with E-state index in [-0.39, 0.29) is 5.91 Å². The Balaban J connectivity index is 1.57. The van der Waals surface area contributed by atoms with Gasteiger partial charge in [0.05, 0.1) is 24.4 Å². The normalized spacial score (nSPS) is 13.6. The standard InChI is InChI=1S/C27H25ClN4O3/c1-17-15-21-23(18-5-3-2-4-6-18)25(26(33)32-11-13-35-14-12-32)31-24(21)22(16-17)30-27(34)29-20-9-7-19(28)8-10-20/h2-10,15-16,31H,11-14H2,1H3,(H2,29,30,34). The van der Waals surface area contributed by atoms with E-state index in [4.69, 9.17) is 16.3 Å². The lowest BCUT2D eigenvalue weighted by molar-refractivity contribution is 0.0300. The van der Waals surface area contributed by atoms with Gasteiger partial charge in [0.25, 0.3) is 5.91 Å². The van der Waals surface area contributed by atoms with Gasteiger partial charge in [-0.05, 0) is 54.4 Å². The van der Waals surface area contributed by atoms with Gasteiger partial charge in [0.2, 0.25) is 0 Å². The van der Waals surface area contributed by atoms with Crippen molar-refractivity contribution in [3.05, 3.63) is 83.0 Å². The van der Waals surface area contributed by atoms with Gasteiger partial charge >= 0.3 is 6.03 Å². The number of H-pyrrole nitrogens is 1. The first kappa shape index (κ1) is 23.0. The molecule has 35 heavy (non-hydrogen) atoms. The Morgan fingerprint density at radius 2 is 1.69 bits per heavy atom. The number of aromatic nitrogens is 1. The van der Waals surface area contributed by atoms with Crippen LogP contribution in [0.5, 0.6) is 0 Å². The third-order valence-electron chi connectivity index (χ3n) is 5.98. The minimum absolute atomic E-state index is 0.0856. The molecule has 1 aliphatic heterocycles. The number of hydrogen-bond donors (Lipinski definition) is 3. The Kier molecular flexibility index (Phi) is 6.44. The molecule has 7 nitrogen and oxygen atoms in total. The monoisotopic (exact) mass is 488 g/mol. The molecule has 5 rings (SSSR count). The summed E-state index contributed by atoms with van der Waals surface area (Å²) in [6.45, 7) is 4.08. The molecular formula is C27H25ClN4O3. The van der Waals surface area contributed by atoms with Gasteiger partial charge in [-0.2, -0.15) is 0 Å². The number of fused-ring (bicyclic) bond motifs is 1. The van der Waals surface area contributed by atoms with Crippen LogP contribution in [-0.2, 0) is 4.74 Å². The van der Waals surface area contributed by atoms with Crippen LogP contribution in [0.25, 0.3) is 22.0 Å². The van der Waals surface area contributed by atoms with Crippen LogP contribution < -0.4 is 10.6 Å². The molecule has 1 aliphatic rings. The predicted octanol–water partition coefficient (Wildman–Crippen LogP) is 5.91. The van der Waals surface area contributed by atoms with E-state index in [9.17, 15) is 9.59 Å². The van der Waals surface area contributed by atoms with E-state index in [1.165, 1.54) is 0 Å². The summed E-state index contributed by atoms with van der Waals surface area (Å²) in [5.74, 6) is -0.0856. The number of aryl methyl sites for hydroxylation is 1. The Bertz CT molecular complexity index is 1380. The number of anilines is 2. The van der Waals surface area contributed by atoms with Gasteiger partial charge in [0.15, 0.2) is 0 Å². The molecule has 4 aromatic rings. The molecule has 0 radical (unpaired) electrons. The lowest BCUT2D eigenvalue weighted by atomic mass is 9.99. The van der Waals surface area contributed by atoms with Crippen molar-refractivity contribution in [2.45, 2.75) is 6.92 Å². The van der Waals surface area contributed by atoms with E-state index < -0.39 is 6.03 Å². The minimum atomic E-state index is -0.392. The van der Waals surface area contributed by atoms with Crippen LogP contribution in [0.2, 0.25) is 5.02 Å². The number of carbonyl (C=O) groups excluding carboxylic acids is 2. The topological polar surface area (TPSA) is 86.5 Å². The van der Waals surface area contributed by atoms with E-state index in [0.717, 1.165) is 22.1 Å². The highest BCUT2D eigenvalue weighted by atomic mass is 35.5. The smallest absolute Gasteiger partial charge is 0.323 e. The average molecular weight is 489 g/mol. The summed E-state index contributed by atoms with van der Waals surface area (Å²) in [5, 5.41) is 7.22. The van der Waals surface area contributed by atoms with Crippen molar-refractivity contribution in [2.75, 3.05) is 36.9 Å². The second kappa shape index (κ2) is 9.82. The Morgan fingerprint density at radius 1 is 0.971 bits per heavy atom. The third-order valence-corrected chi connectivity index (χ3v) is 6.23. The molecule has 178 valence electrons. The van der Waals surface area contributed by atoms with Crippen LogP contribution in [0.3, 0.4) is 0 Å². The molecule has 0 atom stereocenters. The predicted molar refractivity (Wildman–Crippen MR) is 139 cm³/mol. The van der Waals surface area contributed by atoms with E-state index >= 15 is 0 Å². The second-order valence-electron chi connectivity index (χ2n) is 8.47. The maximum atomic E-state index is 13.6. The Hall–Kier alpha value is -3.81. The SMILES string of the molecule is Cc1cc(NC(=O)Nc2ccc(Cl)cc2)c2[nH]c(C(=O)N3CCOCC3)c(-c3ccccc3)c2c1. The number of hydrogen-bond acceptors (Lipinski definition) is 3. The van der Waals surface area contributed by atoms with Crippen LogP contribution in [-0.4, -0.2) is 48.1 Å². The summed E-state index contributed by atoms with van der Waals surface area (Å²) in [6, 6.07) is 20.2. The van der Waals surface area contributed by atoms with Crippen molar-refractivity contribution in [1.29, 1.82) is 0 Å². The number of morpholine rings is 1. The number of ether oxygens (including phenoxy) is 1. The third kappa shape index (κ3) is 4.87. The number of rotatable bonds is 4. The first-order valence-electron chi connectivity index (χ1n) is 11.4. The van der Waals surface area contributed by atoms with E-state index in [1.54, 1.807) is 29.2 Å². The second-order valence-corrected chi connectivity index (χ2v) is 8.90. The number of aromatic amines is 1. The van der Waals surface area contributed by atoms with Crippen LogP contribution in [0.15, 0.2) is 66.7 Å². The first-order chi connectivity index (χ1) is 17.0. The van der Waals surface area contributed by atoms with Gasteiger partial charge in [-0.25, -0.2) is 4.79 Å². The zero-order chi connectivity index (χ0) is 24.4. The summed E-state index contributed by atoms with van der Waals surface area (Å²) in [5.41, 5.74) is 5.11. The van der Waals surface area contributed by atoms with Crippen LogP contribution in [0.4, 0.5) is 16.2 Å². The van der Waals surface area contributed by atoms with Crippen molar-refractivity contribution in [2.24, 2.45) is 0 Å². The van der Waals surface area contributed by atoms with E-state index in [2.05, 4.69) is 15.6 Å². The summed E-state index contributed by atoms with van der Waals surface area (Å²) < 4.78 is 5.43. The molecule has 3 amide bonds. The lowest BCUT2D eigenvalue weighted by Crippen LogP contribution is -2.41. The molecule has 0 bridgehead atoms. The molecule has 3 N–H and O–H groups in total. The van der Waals surface area contributed by atoms with Crippen LogP contribution in [0.1, 0.15) is 16.1 Å². The summed E-state index contributed by atoms with van der Waals surface area (Å²) in [7, 11) is 0. The number of urea groups is 1. The summed E-state index contributed by atoms with van der Waals surface area (Å²) in [4.78, 5) is 31.5. The first-order valence-corrected chi connectivity index (χ1v) is 11.8. The number of nitrogens with one attached hydrogen (secondary N) is 3. The minimum Gasteiger partial charge on any atom is -0.378 e. The maximum absolute atomic E-state index is 13.6. The molecule has 0 saturated carbocycles. The van der Waals surface area contributed by atoms with Crippen molar-refractivity contribution in [1.82, 2.24) is 9.88 Å². The molecule has 8 heteroatoms. The van der Waals surface area contributed by atoms with Crippen LogP contribution >= 0.6 is 11.6 Å². The van der Waals surface area contributed by atoms with Crippen molar-refractivity contribution in [3.8, 4) is 11.1 Å². The molecule has 0 spiro atoms. The van der Waals surface area contributed by atoms with Gasteiger partial charge in [-0.1, -0.05) is 41.9 Å². The average Bonchev–Trinajstić information content (AvgIpc) is 3.25. The fraction of sp³-hybridized carbons (Fsp3) is 0.185. The number of carbonyl (C=O) groups is 2. The van der Waals surface area contributed by atoms with Crippen molar-refractivity contribution < 1.29 is 14.3 Å². The Labute approximate surface area is 208 Å². The number of halogens is 1. The highest BCUT2D eigenvalue weighted by molar-refractivity contribution is 6.30. The Morgan fingerprint density at radius 3 is 2.40 bits per heavy atom. The molecule has 1 saturated heterocycles. The zero-order valence-electron chi connectivity index (χ0n) is 19.2. The fourth-order valence-electron chi connectivity index (χ4n) is 4.35. The fourth-order valence-corrected chi connectivity index (χ4v) is 4.47. The largest absolute Gasteiger partial charge is 0.378 e. The summed E-state index contributed by atoms with van der Waals surface area (Å²) in [6.07, 6.45) is 0. The molecule has 0 aliphatic carbocycles. The molecule has 1 fully saturated rings.